The average molecular weight is 226 g/mol. The van der Waals surface area contributed by atoms with Crippen LogP contribution in [0.4, 0.5) is 8.78 Å². The molecule has 0 amide bonds. The Labute approximate surface area is 92.6 Å². The number of rotatable bonds is 5. The summed E-state index contributed by atoms with van der Waals surface area (Å²) in [7, 11) is 1.65. The van der Waals surface area contributed by atoms with Crippen molar-refractivity contribution in [2.45, 2.75) is 12.5 Å². The highest BCUT2D eigenvalue weighted by atomic mass is 19.2. The van der Waals surface area contributed by atoms with Gasteiger partial charge in [-0.15, -0.1) is 0 Å². The Morgan fingerprint density at radius 3 is 2.88 bits per heavy atom. The first-order chi connectivity index (χ1) is 7.69. The van der Waals surface area contributed by atoms with E-state index in [0.717, 1.165) is 6.07 Å². The molecule has 0 aliphatic carbocycles. The summed E-state index contributed by atoms with van der Waals surface area (Å²) in [4.78, 5) is 0. The molecule has 0 bridgehead atoms. The highest BCUT2D eigenvalue weighted by Crippen LogP contribution is 2.19. The summed E-state index contributed by atoms with van der Waals surface area (Å²) in [5, 5.41) is 11.4. The Morgan fingerprint density at radius 2 is 2.25 bits per heavy atom. The Bertz CT molecular complexity index is 390. The second-order valence-corrected chi connectivity index (χ2v) is 3.16. The number of nitrogens with one attached hydrogen (secondary N) is 1. The normalized spacial score (nSPS) is 11.9. The molecule has 1 atom stereocenters. The van der Waals surface area contributed by atoms with E-state index in [2.05, 4.69) is 5.32 Å². The lowest BCUT2D eigenvalue weighted by Gasteiger charge is -2.10. The number of halogens is 2. The van der Waals surface area contributed by atoms with Crippen LogP contribution < -0.4 is 10.1 Å². The predicted octanol–water partition coefficient (Wildman–Crippen LogP) is 1.85. The smallest absolute Gasteiger partial charge is 0.200 e. The van der Waals surface area contributed by atoms with Crippen LogP contribution in [-0.2, 0) is 0 Å². The van der Waals surface area contributed by atoms with Crippen molar-refractivity contribution in [2.24, 2.45) is 0 Å². The molecule has 0 radical (unpaired) electrons. The number of hydrogen-bond donors (Lipinski definition) is 1. The summed E-state index contributed by atoms with van der Waals surface area (Å²) < 4.78 is 30.9. The average Bonchev–Trinajstić information content (AvgIpc) is 2.30. The summed E-state index contributed by atoms with van der Waals surface area (Å²) >= 11 is 0. The molecule has 86 valence electrons. The fourth-order valence-corrected chi connectivity index (χ4v) is 1.16. The second-order valence-electron chi connectivity index (χ2n) is 3.16. The van der Waals surface area contributed by atoms with E-state index in [9.17, 15) is 8.78 Å². The minimum absolute atomic E-state index is 0.132. The maximum Gasteiger partial charge on any atom is 0.200 e. The largest absolute Gasteiger partial charge is 0.490 e. The number of nitrogens with zero attached hydrogens (tertiary/aromatic N) is 1. The molecule has 0 aliphatic rings. The van der Waals surface area contributed by atoms with Gasteiger partial charge in [-0.25, -0.2) is 4.39 Å². The molecule has 1 N–H and O–H groups in total. The van der Waals surface area contributed by atoms with Crippen LogP contribution in [0.25, 0.3) is 0 Å². The number of benzene rings is 1. The number of ether oxygens (including phenoxy) is 1. The fraction of sp³-hybridized carbons (Fsp3) is 0.364. The molecular weight excluding hydrogens is 214 g/mol. The topological polar surface area (TPSA) is 45.0 Å². The van der Waals surface area contributed by atoms with Crippen LogP contribution in [0, 0.1) is 23.0 Å². The molecule has 1 rings (SSSR count). The van der Waals surface area contributed by atoms with E-state index in [0.29, 0.717) is 6.42 Å². The van der Waals surface area contributed by atoms with Crippen molar-refractivity contribution in [3.8, 4) is 11.8 Å². The third-order valence-corrected chi connectivity index (χ3v) is 2.08. The Hall–Kier alpha value is -1.67. The van der Waals surface area contributed by atoms with Gasteiger partial charge in [0.2, 0.25) is 5.82 Å². The Balaban J connectivity index is 2.50. The van der Waals surface area contributed by atoms with Crippen molar-refractivity contribution in [1.82, 2.24) is 5.32 Å². The summed E-state index contributed by atoms with van der Waals surface area (Å²) in [5.74, 6) is -2.07. The molecule has 3 nitrogen and oxygen atoms in total. The van der Waals surface area contributed by atoms with Crippen molar-refractivity contribution in [1.29, 1.82) is 5.26 Å². The van der Waals surface area contributed by atoms with Gasteiger partial charge in [0, 0.05) is 6.42 Å². The van der Waals surface area contributed by atoms with Gasteiger partial charge in [-0.05, 0) is 19.2 Å². The first-order valence-corrected chi connectivity index (χ1v) is 4.82. The van der Waals surface area contributed by atoms with Crippen molar-refractivity contribution >= 4 is 0 Å². The fourth-order valence-electron chi connectivity index (χ4n) is 1.16. The van der Waals surface area contributed by atoms with E-state index in [1.807, 2.05) is 6.07 Å². The van der Waals surface area contributed by atoms with Gasteiger partial charge in [-0.3, -0.25) is 0 Å². The third kappa shape index (κ3) is 3.17. The van der Waals surface area contributed by atoms with Gasteiger partial charge >= 0.3 is 0 Å². The summed E-state index contributed by atoms with van der Waals surface area (Å²) in [6.45, 7) is 0.152. The molecule has 1 aromatic carbocycles. The van der Waals surface area contributed by atoms with Crippen LogP contribution in [0.2, 0.25) is 0 Å². The quantitative estimate of drug-likeness (QED) is 0.833. The third-order valence-electron chi connectivity index (χ3n) is 2.08. The lowest BCUT2D eigenvalue weighted by molar-refractivity contribution is 0.281. The molecule has 16 heavy (non-hydrogen) atoms. The van der Waals surface area contributed by atoms with Gasteiger partial charge in [0.25, 0.3) is 0 Å². The van der Waals surface area contributed by atoms with Gasteiger partial charge < -0.3 is 10.1 Å². The van der Waals surface area contributed by atoms with Gasteiger partial charge in [0.1, 0.15) is 0 Å². The molecule has 0 aliphatic heterocycles. The minimum atomic E-state index is -1.000. The summed E-state index contributed by atoms with van der Waals surface area (Å²) in [6, 6.07) is 5.39. The molecule has 5 heteroatoms. The zero-order valence-corrected chi connectivity index (χ0v) is 8.84. The van der Waals surface area contributed by atoms with E-state index in [4.69, 9.17) is 10.00 Å². The van der Waals surface area contributed by atoms with Gasteiger partial charge in [-0.2, -0.15) is 9.65 Å². The van der Waals surface area contributed by atoms with Crippen LogP contribution >= 0.6 is 0 Å². The summed E-state index contributed by atoms with van der Waals surface area (Å²) in [5.41, 5.74) is 0. The molecule has 0 aromatic heterocycles. The molecule has 0 saturated heterocycles. The first-order valence-electron chi connectivity index (χ1n) is 4.82. The molecular formula is C11H12F2N2O. The summed E-state index contributed by atoms with van der Waals surface area (Å²) in [6.07, 6.45) is 0.406. The zero-order valence-electron chi connectivity index (χ0n) is 8.84. The van der Waals surface area contributed by atoms with E-state index >= 15 is 0 Å². The Morgan fingerprint density at radius 1 is 1.50 bits per heavy atom. The molecule has 0 spiro atoms. The minimum Gasteiger partial charge on any atom is -0.490 e. The van der Waals surface area contributed by atoms with Crippen LogP contribution in [0.3, 0.4) is 0 Å². The highest BCUT2D eigenvalue weighted by molar-refractivity contribution is 5.24. The van der Waals surface area contributed by atoms with E-state index in [1.54, 1.807) is 7.05 Å². The standard InChI is InChI=1S/C11H12F2N2O/c1-15-8(7-14)5-6-16-10-4-2-3-9(12)11(10)13/h2-4,8,15H,5-6H2,1H3. The monoisotopic (exact) mass is 226 g/mol. The number of nitriles is 1. The van der Waals surface area contributed by atoms with Crippen LogP contribution in [0.1, 0.15) is 6.42 Å². The first kappa shape index (κ1) is 12.4. The van der Waals surface area contributed by atoms with Gasteiger partial charge in [0.15, 0.2) is 11.6 Å². The van der Waals surface area contributed by atoms with E-state index in [1.165, 1.54) is 12.1 Å². The second kappa shape index (κ2) is 6.03. The van der Waals surface area contributed by atoms with Crippen LogP contribution in [0.15, 0.2) is 18.2 Å². The molecule has 0 fully saturated rings. The predicted molar refractivity (Wildman–Crippen MR) is 54.9 cm³/mol. The molecule has 0 saturated carbocycles. The van der Waals surface area contributed by atoms with E-state index < -0.39 is 11.6 Å². The molecule has 1 unspecified atom stereocenters. The maximum atomic E-state index is 13.1. The molecule has 0 heterocycles. The van der Waals surface area contributed by atoms with Gasteiger partial charge in [0.05, 0.1) is 18.7 Å². The Kier molecular flexibility index (Phi) is 4.67. The molecule has 1 aromatic rings. The lowest BCUT2D eigenvalue weighted by Crippen LogP contribution is -2.25. The van der Waals surface area contributed by atoms with Crippen LogP contribution in [0.5, 0.6) is 5.75 Å². The van der Waals surface area contributed by atoms with E-state index in [-0.39, 0.29) is 18.4 Å². The maximum absolute atomic E-state index is 13.1. The van der Waals surface area contributed by atoms with Gasteiger partial charge in [-0.1, -0.05) is 6.07 Å². The highest BCUT2D eigenvalue weighted by Gasteiger charge is 2.09. The zero-order chi connectivity index (χ0) is 12.0. The van der Waals surface area contributed by atoms with Crippen molar-refractivity contribution in [3.63, 3.8) is 0 Å². The van der Waals surface area contributed by atoms with Crippen molar-refractivity contribution < 1.29 is 13.5 Å². The van der Waals surface area contributed by atoms with Crippen molar-refractivity contribution in [3.05, 3.63) is 29.8 Å². The number of hydrogen-bond acceptors (Lipinski definition) is 3. The van der Waals surface area contributed by atoms with Crippen LogP contribution in [-0.4, -0.2) is 19.7 Å². The van der Waals surface area contributed by atoms with Crippen molar-refractivity contribution in [2.75, 3.05) is 13.7 Å². The lowest BCUT2D eigenvalue weighted by atomic mass is 10.2. The SMILES string of the molecule is CNC(C#N)CCOc1cccc(F)c1F.